The predicted molar refractivity (Wildman–Crippen MR) is 49.8 cm³/mol. The number of benzene rings is 1. The molecular formula is C8H4BrClN. The van der Waals surface area contributed by atoms with Crippen LogP contribution in [0.3, 0.4) is 0 Å². The van der Waals surface area contributed by atoms with Crippen LogP contribution in [0, 0.1) is 6.07 Å². The summed E-state index contributed by atoms with van der Waals surface area (Å²) in [4.78, 5) is 3.03. The first-order valence-corrected chi connectivity index (χ1v) is 4.29. The van der Waals surface area contributed by atoms with Gasteiger partial charge in [0.1, 0.15) is 0 Å². The summed E-state index contributed by atoms with van der Waals surface area (Å²) in [6, 6.07) is 6.88. The Balaban J connectivity index is 2.93. The van der Waals surface area contributed by atoms with Gasteiger partial charge in [-0.1, -0.05) is 11.6 Å². The Hall–Kier alpha value is -0.470. The number of hydrogen-bond acceptors (Lipinski definition) is 0. The number of aromatic amines is 1. The van der Waals surface area contributed by atoms with E-state index in [1.54, 1.807) is 6.20 Å². The first-order chi connectivity index (χ1) is 5.29. The van der Waals surface area contributed by atoms with Crippen LogP contribution in [-0.2, 0) is 0 Å². The van der Waals surface area contributed by atoms with E-state index >= 15 is 0 Å². The molecule has 1 radical (unpaired) electrons. The van der Waals surface area contributed by atoms with Crippen LogP contribution in [0.2, 0.25) is 5.02 Å². The predicted octanol–water partition coefficient (Wildman–Crippen LogP) is 3.38. The molecular weight excluding hydrogens is 225 g/mol. The monoisotopic (exact) mass is 228 g/mol. The molecule has 1 heterocycles. The Morgan fingerprint density at radius 3 is 3.09 bits per heavy atom. The summed E-state index contributed by atoms with van der Waals surface area (Å²) in [5, 5.41) is 1.64. The molecule has 55 valence electrons. The topological polar surface area (TPSA) is 15.8 Å². The minimum atomic E-state index is 0.712. The van der Waals surface area contributed by atoms with Crippen molar-refractivity contribution in [3.05, 3.63) is 33.9 Å². The smallest absolute Gasteiger partial charge is 0.0648 e. The zero-order chi connectivity index (χ0) is 7.84. The summed E-state index contributed by atoms with van der Waals surface area (Å²) in [7, 11) is 0. The van der Waals surface area contributed by atoms with Crippen LogP contribution in [0.25, 0.3) is 10.9 Å². The van der Waals surface area contributed by atoms with Crippen LogP contribution >= 0.6 is 27.5 Å². The Morgan fingerprint density at radius 1 is 1.45 bits per heavy atom. The molecule has 1 N–H and O–H groups in total. The zero-order valence-corrected chi connectivity index (χ0v) is 7.83. The molecule has 0 fully saturated rings. The third-order valence-corrected chi connectivity index (χ3v) is 2.82. The van der Waals surface area contributed by atoms with Gasteiger partial charge in [-0.25, -0.2) is 0 Å². The fourth-order valence-corrected chi connectivity index (χ4v) is 1.55. The van der Waals surface area contributed by atoms with Crippen LogP contribution in [0.15, 0.2) is 22.8 Å². The normalized spacial score (nSPS) is 10.7. The molecule has 0 unspecified atom stereocenters. The van der Waals surface area contributed by atoms with Gasteiger partial charge < -0.3 is 4.98 Å². The quantitative estimate of drug-likeness (QED) is 0.713. The molecule has 0 aliphatic heterocycles. The van der Waals surface area contributed by atoms with Gasteiger partial charge in [-0.3, -0.25) is 0 Å². The van der Waals surface area contributed by atoms with Crippen molar-refractivity contribution < 1.29 is 0 Å². The summed E-state index contributed by atoms with van der Waals surface area (Å²) in [6.45, 7) is 0. The number of nitrogens with one attached hydrogen (secondary N) is 1. The Labute approximate surface area is 77.5 Å². The van der Waals surface area contributed by atoms with Crippen molar-refractivity contribution >= 4 is 38.4 Å². The van der Waals surface area contributed by atoms with Crippen LogP contribution in [0.4, 0.5) is 0 Å². The summed E-state index contributed by atoms with van der Waals surface area (Å²) in [6.07, 6.45) is 1.75. The molecule has 0 aliphatic rings. The molecule has 2 aromatic rings. The number of H-pyrrole nitrogens is 1. The number of rotatable bonds is 0. The zero-order valence-electron chi connectivity index (χ0n) is 5.49. The van der Waals surface area contributed by atoms with Gasteiger partial charge in [-0.05, 0) is 28.1 Å². The Morgan fingerprint density at radius 2 is 2.27 bits per heavy atom. The van der Waals surface area contributed by atoms with E-state index in [0.717, 1.165) is 15.4 Å². The molecule has 1 aromatic heterocycles. The average Bonchev–Trinajstić information content (AvgIpc) is 2.45. The first kappa shape index (κ1) is 7.19. The molecule has 0 atom stereocenters. The van der Waals surface area contributed by atoms with Crippen LogP contribution in [-0.4, -0.2) is 4.98 Å². The number of hydrogen-bond donors (Lipinski definition) is 1. The molecule has 0 bridgehead atoms. The van der Waals surface area contributed by atoms with E-state index in [4.69, 9.17) is 11.6 Å². The van der Waals surface area contributed by atoms with Gasteiger partial charge in [0.15, 0.2) is 0 Å². The van der Waals surface area contributed by atoms with Crippen molar-refractivity contribution in [3.63, 3.8) is 0 Å². The highest BCUT2D eigenvalue weighted by Crippen LogP contribution is 2.29. The third kappa shape index (κ3) is 1.06. The lowest BCUT2D eigenvalue weighted by molar-refractivity contribution is 1.47. The minimum absolute atomic E-state index is 0.712. The maximum Gasteiger partial charge on any atom is 0.0648 e. The fraction of sp³-hybridized carbons (Fsp3) is 0. The summed E-state index contributed by atoms with van der Waals surface area (Å²) < 4.78 is 0.905. The third-order valence-electron chi connectivity index (χ3n) is 1.54. The van der Waals surface area contributed by atoms with Crippen molar-refractivity contribution in [1.29, 1.82) is 0 Å². The molecule has 11 heavy (non-hydrogen) atoms. The van der Waals surface area contributed by atoms with Crippen LogP contribution < -0.4 is 0 Å². The molecule has 0 spiro atoms. The average molecular weight is 229 g/mol. The highest BCUT2D eigenvalue weighted by atomic mass is 79.9. The van der Waals surface area contributed by atoms with Crippen molar-refractivity contribution in [3.8, 4) is 0 Å². The van der Waals surface area contributed by atoms with E-state index in [-0.39, 0.29) is 0 Å². The standard InChI is InChI=1S/C8H4BrClN/c9-6-1-2-7-5(8(6)10)3-4-11-7/h1-2,4,11H. The van der Waals surface area contributed by atoms with E-state index in [9.17, 15) is 0 Å². The Bertz CT molecular complexity index is 394. The fourth-order valence-electron chi connectivity index (χ4n) is 0.998. The maximum atomic E-state index is 5.97. The van der Waals surface area contributed by atoms with E-state index < -0.39 is 0 Å². The second-order valence-electron chi connectivity index (χ2n) is 2.22. The molecule has 1 nitrogen and oxygen atoms in total. The van der Waals surface area contributed by atoms with E-state index in [0.29, 0.717) is 5.02 Å². The second-order valence-corrected chi connectivity index (χ2v) is 3.45. The van der Waals surface area contributed by atoms with Gasteiger partial charge in [0.25, 0.3) is 0 Å². The van der Waals surface area contributed by atoms with Gasteiger partial charge in [-0.2, -0.15) is 0 Å². The number of halogens is 2. The molecule has 0 amide bonds. The molecule has 0 aliphatic carbocycles. The Kier molecular flexibility index (Phi) is 1.66. The van der Waals surface area contributed by atoms with E-state index in [2.05, 4.69) is 27.0 Å². The lowest BCUT2D eigenvalue weighted by atomic mass is 10.2. The van der Waals surface area contributed by atoms with Gasteiger partial charge in [-0.15, -0.1) is 0 Å². The molecule has 2 rings (SSSR count). The molecule has 3 heteroatoms. The van der Waals surface area contributed by atoms with Gasteiger partial charge in [0, 0.05) is 27.6 Å². The van der Waals surface area contributed by atoms with Crippen molar-refractivity contribution in [1.82, 2.24) is 4.98 Å². The van der Waals surface area contributed by atoms with E-state index in [1.165, 1.54) is 0 Å². The highest BCUT2D eigenvalue weighted by Gasteiger charge is 2.02. The summed E-state index contributed by atoms with van der Waals surface area (Å²) in [5.74, 6) is 0. The number of aromatic nitrogens is 1. The molecule has 0 saturated carbocycles. The van der Waals surface area contributed by atoms with Crippen molar-refractivity contribution in [2.24, 2.45) is 0 Å². The van der Waals surface area contributed by atoms with Crippen LogP contribution in [0.1, 0.15) is 0 Å². The SMILES string of the molecule is Clc1c(Br)ccc2[nH]c[c]c12. The molecule has 1 aromatic carbocycles. The van der Waals surface area contributed by atoms with Crippen molar-refractivity contribution in [2.45, 2.75) is 0 Å². The van der Waals surface area contributed by atoms with Crippen molar-refractivity contribution in [2.75, 3.05) is 0 Å². The molecule has 0 saturated heterocycles. The highest BCUT2D eigenvalue weighted by molar-refractivity contribution is 9.10. The van der Waals surface area contributed by atoms with Crippen LogP contribution in [0.5, 0.6) is 0 Å². The first-order valence-electron chi connectivity index (χ1n) is 3.12. The number of fused-ring (bicyclic) bond motifs is 1. The van der Waals surface area contributed by atoms with E-state index in [1.807, 2.05) is 12.1 Å². The van der Waals surface area contributed by atoms with Gasteiger partial charge in [0.05, 0.1) is 5.02 Å². The maximum absolute atomic E-state index is 5.97. The lowest BCUT2D eigenvalue weighted by Crippen LogP contribution is -1.70. The minimum Gasteiger partial charge on any atom is -0.360 e. The van der Waals surface area contributed by atoms with Gasteiger partial charge in [0.2, 0.25) is 0 Å². The summed E-state index contributed by atoms with van der Waals surface area (Å²) >= 11 is 9.30. The van der Waals surface area contributed by atoms with Gasteiger partial charge >= 0.3 is 0 Å². The largest absolute Gasteiger partial charge is 0.360 e. The summed E-state index contributed by atoms with van der Waals surface area (Å²) in [5.41, 5.74) is 1.01. The lowest BCUT2D eigenvalue weighted by Gasteiger charge is -1.95. The second kappa shape index (κ2) is 2.54.